The highest BCUT2D eigenvalue weighted by molar-refractivity contribution is 6.04. The molecule has 1 aliphatic rings. The minimum atomic E-state index is -0.990. The number of hydrogen-bond acceptors (Lipinski definition) is 6. The first-order valence-corrected chi connectivity index (χ1v) is 14.1. The van der Waals surface area contributed by atoms with Crippen LogP contribution >= 0.6 is 0 Å². The molecule has 1 atom stereocenters. The summed E-state index contributed by atoms with van der Waals surface area (Å²) in [4.78, 5) is 76.1. The van der Waals surface area contributed by atoms with E-state index in [2.05, 4.69) is 21.3 Å². The summed E-state index contributed by atoms with van der Waals surface area (Å²) < 4.78 is 0. The zero-order valence-electron chi connectivity index (χ0n) is 24.0. The van der Waals surface area contributed by atoms with E-state index in [0.29, 0.717) is 17.7 Å². The first kappa shape index (κ1) is 31.4. The number of hydrogen-bond donors (Lipinski definition) is 4. The molecular weight excluding hydrogens is 562 g/mol. The molecule has 11 nitrogen and oxygen atoms in total. The minimum absolute atomic E-state index is 0.0310. The lowest BCUT2D eigenvalue weighted by molar-refractivity contribution is -0.130. The third-order valence-corrected chi connectivity index (χ3v) is 6.77. The zero-order valence-corrected chi connectivity index (χ0v) is 24.0. The molecule has 0 saturated carbocycles. The lowest BCUT2D eigenvalue weighted by atomic mass is 10.0. The Morgan fingerprint density at radius 1 is 0.682 bits per heavy atom. The van der Waals surface area contributed by atoms with Crippen LogP contribution in [0.4, 0.5) is 5.69 Å². The van der Waals surface area contributed by atoms with Gasteiger partial charge in [0.1, 0.15) is 6.04 Å². The Morgan fingerprint density at radius 2 is 1.32 bits per heavy atom. The normalized spacial score (nSPS) is 12.7. The van der Waals surface area contributed by atoms with Gasteiger partial charge in [-0.05, 0) is 23.3 Å². The number of ketones is 1. The van der Waals surface area contributed by atoms with Gasteiger partial charge in [-0.25, -0.2) is 0 Å². The number of rotatable bonds is 14. The molecule has 4 rings (SSSR count). The van der Waals surface area contributed by atoms with Gasteiger partial charge in [0, 0.05) is 30.3 Å². The lowest BCUT2D eigenvalue weighted by Crippen LogP contribution is -2.51. The molecule has 0 spiro atoms. The Kier molecular flexibility index (Phi) is 11.1. The quantitative estimate of drug-likeness (QED) is 0.205. The largest absolute Gasteiger partial charge is 0.347 e. The summed E-state index contributed by atoms with van der Waals surface area (Å²) in [6.45, 7) is -0.488. The lowest BCUT2D eigenvalue weighted by Gasteiger charge is -2.19. The van der Waals surface area contributed by atoms with Gasteiger partial charge in [-0.15, -0.1) is 0 Å². The number of anilines is 1. The molecule has 0 unspecified atom stereocenters. The summed E-state index contributed by atoms with van der Waals surface area (Å²) in [7, 11) is 0. The van der Waals surface area contributed by atoms with Crippen molar-refractivity contribution < 1.29 is 28.8 Å². The first-order valence-electron chi connectivity index (χ1n) is 14.1. The molecule has 4 N–H and O–H groups in total. The van der Waals surface area contributed by atoms with Gasteiger partial charge in [-0.3, -0.25) is 28.8 Å². The summed E-state index contributed by atoms with van der Waals surface area (Å²) >= 11 is 0. The molecule has 0 saturated heterocycles. The van der Waals surface area contributed by atoms with Crippen molar-refractivity contribution >= 4 is 41.0 Å². The number of carbonyl (C=O) groups excluding carboxylic acids is 6. The van der Waals surface area contributed by atoms with Crippen LogP contribution in [-0.4, -0.2) is 67.5 Å². The van der Waals surface area contributed by atoms with Crippen LogP contribution in [0.5, 0.6) is 0 Å². The van der Waals surface area contributed by atoms with Crippen LogP contribution in [0.3, 0.4) is 0 Å². The number of carbonyl (C=O) groups is 6. The summed E-state index contributed by atoms with van der Waals surface area (Å²) in [6, 6.07) is 23.6. The van der Waals surface area contributed by atoms with Crippen LogP contribution in [0.2, 0.25) is 0 Å². The van der Waals surface area contributed by atoms with Crippen LogP contribution in [0.1, 0.15) is 21.5 Å². The standard InChI is InChI=1S/C33H33N5O6/c39-28(25-10-5-2-6-11-25)20-36-33(44)27(18-23-8-3-1-4-9-23)37-31(42)22-35-30(41)21-34-29(40)19-24-13-15-26(16-14-24)38-17-7-12-32(38)43/h1-16,27H,17-22H2,(H,34,40)(H,35,41)(H,36,44)(H,37,42)/t27-/m0/s1. The second kappa shape index (κ2) is 15.6. The minimum Gasteiger partial charge on any atom is -0.347 e. The molecule has 1 heterocycles. The molecule has 11 heteroatoms. The van der Waals surface area contributed by atoms with E-state index in [1.54, 1.807) is 65.6 Å². The monoisotopic (exact) mass is 595 g/mol. The number of amides is 5. The van der Waals surface area contributed by atoms with Crippen molar-refractivity contribution in [1.82, 2.24) is 21.3 Å². The highest BCUT2D eigenvalue weighted by Gasteiger charge is 2.22. The van der Waals surface area contributed by atoms with Gasteiger partial charge in [0.15, 0.2) is 5.78 Å². The zero-order chi connectivity index (χ0) is 31.3. The molecule has 3 aromatic rings. The molecule has 5 amide bonds. The predicted octanol–water partition coefficient (Wildman–Crippen LogP) is 1.09. The van der Waals surface area contributed by atoms with E-state index in [1.807, 2.05) is 30.3 Å². The molecule has 44 heavy (non-hydrogen) atoms. The smallest absolute Gasteiger partial charge is 0.251 e. The molecule has 0 bridgehead atoms. The highest BCUT2D eigenvalue weighted by Crippen LogP contribution is 2.18. The van der Waals surface area contributed by atoms with Gasteiger partial charge >= 0.3 is 0 Å². The third-order valence-electron chi connectivity index (χ3n) is 6.77. The van der Waals surface area contributed by atoms with E-state index < -0.39 is 30.3 Å². The average molecular weight is 596 g/mol. The van der Waals surface area contributed by atoms with Crippen molar-refractivity contribution in [3.05, 3.63) is 114 Å². The van der Waals surface area contributed by atoms with E-state index in [4.69, 9.17) is 0 Å². The Morgan fingerprint density at radius 3 is 1.98 bits per heavy atom. The number of benzene rings is 3. The Bertz CT molecular complexity index is 1520. The van der Waals surface area contributed by atoms with Gasteiger partial charge in [-0.2, -0.15) is 0 Å². The van der Waals surface area contributed by atoms with Gasteiger partial charge in [-0.1, -0.05) is 78.9 Å². The van der Waals surface area contributed by atoms with E-state index in [-0.39, 0.29) is 43.5 Å². The van der Waals surface area contributed by atoms with Crippen molar-refractivity contribution in [1.29, 1.82) is 0 Å². The van der Waals surface area contributed by atoms with E-state index in [1.165, 1.54) is 6.08 Å². The van der Waals surface area contributed by atoms with Crippen molar-refractivity contribution in [2.24, 2.45) is 0 Å². The first-order chi connectivity index (χ1) is 21.3. The van der Waals surface area contributed by atoms with Crippen molar-refractivity contribution in [2.75, 3.05) is 31.1 Å². The van der Waals surface area contributed by atoms with E-state index >= 15 is 0 Å². The maximum absolute atomic E-state index is 13.0. The highest BCUT2D eigenvalue weighted by atomic mass is 16.2. The molecular formula is C33H33N5O6. The fraction of sp³-hybridized carbons (Fsp3) is 0.212. The SMILES string of the molecule is O=C(CNC(=O)Cc1ccc(N2CC=CC2=O)cc1)NCC(=O)N[C@@H](Cc1ccccc1)C(=O)NCC(=O)c1ccccc1. The summed E-state index contributed by atoms with van der Waals surface area (Å²) in [5.74, 6) is -2.49. The molecule has 3 aromatic carbocycles. The van der Waals surface area contributed by atoms with Gasteiger partial charge < -0.3 is 26.2 Å². The third kappa shape index (κ3) is 9.48. The Balaban J connectivity index is 1.21. The van der Waals surface area contributed by atoms with Crippen LogP contribution in [0.25, 0.3) is 0 Å². The maximum atomic E-state index is 13.0. The van der Waals surface area contributed by atoms with E-state index in [9.17, 15) is 28.8 Å². The van der Waals surface area contributed by atoms with Gasteiger partial charge in [0.05, 0.1) is 26.1 Å². The summed E-state index contributed by atoms with van der Waals surface area (Å²) in [5.41, 5.74) is 2.69. The van der Waals surface area contributed by atoms with Crippen molar-refractivity contribution in [3.63, 3.8) is 0 Å². The Labute approximate surface area is 254 Å². The van der Waals surface area contributed by atoms with Crippen molar-refractivity contribution in [2.45, 2.75) is 18.9 Å². The molecule has 1 aliphatic heterocycles. The average Bonchev–Trinajstić information content (AvgIpc) is 3.48. The fourth-order valence-electron chi connectivity index (χ4n) is 4.45. The second-order valence-electron chi connectivity index (χ2n) is 10.1. The molecule has 0 aliphatic carbocycles. The van der Waals surface area contributed by atoms with Crippen LogP contribution in [0, 0.1) is 0 Å². The topological polar surface area (TPSA) is 154 Å². The van der Waals surface area contributed by atoms with Crippen LogP contribution < -0.4 is 26.2 Å². The fourth-order valence-corrected chi connectivity index (χ4v) is 4.45. The number of nitrogens with zero attached hydrogens (tertiary/aromatic N) is 1. The maximum Gasteiger partial charge on any atom is 0.251 e. The summed E-state index contributed by atoms with van der Waals surface area (Å²) in [6.07, 6.45) is 3.49. The van der Waals surface area contributed by atoms with Crippen molar-refractivity contribution in [3.8, 4) is 0 Å². The number of Topliss-reactive ketones (excluding diaryl/α,β-unsaturated/α-hetero) is 1. The molecule has 0 fully saturated rings. The number of nitrogens with one attached hydrogen (secondary N) is 4. The molecule has 0 aromatic heterocycles. The summed E-state index contributed by atoms with van der Waals surface area (Å²) in [5, 5.41) is 10.1. The van der Waals surface area contributed by atoms with Gasteiger partial charge in [0.25, 0.3) is 5.91 Å². The van der Waals surface area contributed by atoms with Crippen LogP contribution in [-0.2, 0) is 36.8 Å². The predicted molar refractivity (Wildman–Crippen MR) is 164 cm³/mol. The van der Waals surface area contributed by atoms with Gasteiger partial charge in [0.2, 0.25) is 23.6 Å². The van der Waals surface area contributed by atoms with Crippen LogP contribution in [0.15, 0.2) is 97.1 Å². The molecule has 226 valence electrons. The second-order valence-corrected chi connectivity index (χ2v) is 10.1. The van der Waals surface area contributed by atoms with E-state index in [0.717, 1.165) is 11.3 Å². The molecule has 0 radical (unpaired) electrons. The Hall–Kier alpha value is -5.58.